The zero-order valence-corrected chi connectivity index (χ0v) is 13.2. The van der Waals surface area contributed by atoms with Gasteiger partial charge in [-0.25, -0.2) is 4.79 Å². The van der Waals surface area contributed by atoms with E-state index < -0.39 is 0 Å². The van der Waals surface area contributed by atoms with Gasteiger partial charge in [-0.3, -0.25) is 0 Å². The largest absolute Gasteiger partial charge is 0.463 e. The van der Waals surface area contributed by atoms with E-state index in [0.29, 0.717) is 6.61 Å². The van der Waals surface area contributed by atoms with Gasteiger partial charge in [-0.15, -0.1) is 23.1 Å². The normalized spacial score (nSPS) is 11.7. The summed E-state index contributed by atoms with van der Waals surface area (Å²) >= 11 is 3.48. The Labute approximate surface area is 131 Å². The SMILES string of the molecule is CCOC(=O)C=CCSc1scc2cc3ccccn3c12. The molecule has 0 aliphatic heterocycles. The number of esters is 1. The first kappa shape index (κ1) is 14.2. The summed E-state index contributed by atoms with van der Waals surface area (Å²) in [6.07, 6.45) is 5.43. The predicted octanol–water partition coefficient (Wildman–Crippen LogP) is 4.37. The van der Waals surface area contributed by atoms with Gasteiger partial charge in [0.15, 0.2) is 0 Å². The molecule has 108 valence electrons. The third kappa shape index (κ3) is 2.99. The molecule has 0 N–H and O–H groups in total. The number of hydrogen-bond acceptors (Lipinski definition) is 4. The summed E-state index contributed by atoms with van der Waals surface area (Å²) in [6, 6.07) is 8.40. The minimum atomic E-state index is -0.275. The molecule has 0 unspecified atom stereocenters. The third-order valence-corrected chi connectivity index (χ3v) is 5.28. The quantitative estimate of drug-likeness (QED) is 0.398. The highest BCUT2D eigenvalue weighted by atomic mass is 32.2. The van der Waals surface area contributed by atoms with Crippen LogP contribution in [0.1, 0.15) is 6.92 Å². The minimum absolute atomic E-state index is 0.275. The van der Waals surface area contributed by atoms with Crippen molar-refractivity contribution in [3.8, 4) is 0 Å². The Morgan fingerprint density at radius 1 is 1.48 bits per heavy atom. The number of ether oxygens (including phenoxy) is 1. The van der Waals surface area contributed by atoms with Crippen molar-refractivity contribution in [1.29, 1.82) is 0 Å². The molecule has 3 aromatic rings. The van der Waals surface area contributed by atoms with Crippen molar-refractivity contribution >= 4 is 45.5 Å². The maximum Gasteiger partial charge on any atom is 0.330 e. The van der Waals surface area contributed by atoms with Gasteiger partial charge in [-0.2, -0.15) is 0 Å². The standard InChI is InChI=1S/C16H15NO2S2/c1-2-19-14(18)7-5-9-20-16-15-12(11-21-16)10-13-6-3-4-8-17(13)15/h3-8,10-11H,2,9H2,1H3. The van der Waals surface area contributed by atoms with Crippen molar-refractivity contribution in [1.82, 2.24) is 4.40 Å². The molecule has 0 aliphatic carbocycles. The van der Waals surface area contributed by atoms with Crippen molar-refractivity contribution in [3.63, 3.8) is 0 Å². The van der Waals surface area contributed by atoms with Crippen LogP contribution >= 0.6 is 23.1 Å². The molecule has 0 amide bonds. The summed E-state index contributed by atoms with van der Waals surface area (Å²) < 4.78 is 8.34. The maximum absolute atomic E-state index is 11.2. The Morgan fingerprint density at radius 3 is 3.24 bits per heavy atom. The predicted molar refractivity (Wildman–Crippen MR) is 89.3 cm³/mol. The Kier molecular flexibility index (Phi) is 4.31. The second-order valence-electron chi connectivity index (χ2n) is 4.43. The monoisotopic (exact) mass is 317 g/mol. The fraction of sp³-hybridized carbons (Fsp3) is 0.188. The molecule has 0 bridgehead atoms. The molecule has 0 radical (unpaired) electrons. The lowest BCUT2D eigenvalue weighted by Crippen LogP contribution is -1.98. The van der Waals surface area contributed by atoms with Crippen LogP contribution in [0.2, 0.25) is 0 Å². The van der Waals surface area contributed by atoms with Gasteiger partial charge in [0.25, 0.3) is 0 Å². The first-order valence-electron chi connectivity index (χ1n) is 6.73. The van der Waals surface area contributed by atoms with E-state index in [4.69, 9.17) is 4.74 Å². The van der Waals surface area contributed by atoms with Crippen molar-refractivity contribution in [2.45, 2.75) is 11.1 Å². The molecule has 3 nitrogen and oxygen atoms in total. The van der Waals surface area contributed by atoms with Crippen LogP contribution in [0.5, 0.6) is 0 Å². The molecule has 0 fully saturated rings. The fourth-order valence-corrected chi connectivity index (χ4v) is 4.24. The molecule has 0 aromatic carbocycles. The molecule has 5 heteroatoms. The van der Waals surface area contributed by atoms with E-state index in [-0.39, 0.29) is 5.97 Å². The van der Waals surface area contributed by atoms with Gasteiger partial charge in [-0.05, 0) is 25.1 Å². The summed E-state index contributed by atoms with van der Waals surface area (Å²) in [5.41, 5.74) is 2.46. The summed E-state index contributed by atoms with van der Waals surface area (Å²) in [4.78, 5) is 11.2. The molecule has 0 aliphatic rings. The highest BCUT2D eigenvalue weighted by Crippen LogP contribution is 2.36. The van der Waals surface area contributed by atoms with Crippen LogP contribution in [0, 0.1) is 0 Å². The Balaban J connectivity index is 1.77. The van der Waals surface area contributed by atoms with Crippen molar-refractivity contribution in [3.05, 3.63) is 48.0 Å². The third-order valence-electron chi connectivity index (χ3n) is 3.05. The Hall–Kier alpha value is -1.72. The van der Waals surface area contributed by atoms with Crippen LogP contribution < -0.4 is 0 Å². The number of aromatic nitrogens is 1. The van der Waals surface area contributed by atoms with Crippen molar-refractivity contribution < 1.29 is 9.53 Å². The van der Waals surface area contributed by atoms with E-state index >= 15 is 0 Å². The average molecular weight is 317 g/mol. The van der Waals surface area contributed by atoms with Crippen molar-refractivity contribution in [2.24, 2.45) is 0 Å². The van der Waals surface area contributed by atoms with E-state index in [1.165, 1.54) is 26.7 Å². The molecule has 21 heavy (non-hydrogen) atoms. The summed E-state index contributed by atoms with van der Waals surface area (Å²) in [7, 11) is 0. The second-order valence-corrected chi connectivity index (χ2v) is 6.60. The number of rotatable bonds is 5. The van der Waals surface area contributed by atoms with Crippen LogP contribution in [0.25, 0.3) is 16.4 Å². The van der Waals surface area contributed by atoms with Gasteiger partial charge in [0.1, 0.15) is 0 Å². The van der Waals surface area contributed by atoms with Crippen LogP contribution in [0.4, 0.5) is 0 Å². The first-order valence-corrected chi connectivity index (χ1v) is 8.59. The van der Waals surface area contributed by atoms with E-state index in [1.54, 1.807) is 30.0 Å². The number of carbonyl (C=O) groups is 1. The highest BCUT2D eigenvalue weighted by Gasteiger charge is 2.09. The Bertz CT molecular complexity index is 801. The maximum atomic E-state index is 11.2. The van der Waals surface area contributed by atoms with E-state index in [0.717, 1.165) is 5.75 Å². The molecule has 3 aromatic heterocycles. The zero-order chi connectivity index (χ0) is 14.7. The van der Waals surface area contributed by atoms with Gasteiger partial charge >= 0.3 is 5.97 Å². The zero-order valence-electron chi connectivity index (χ0n) is 11.6. The van der Waals surface area contributed by atoms with Gasteiger partial charge in [0, 0.05) is 34.3 Å². The smallest absolute Gasteiger partial charge is 0.330 e. The fourth-order valence-electron chi connectivity index (χ4n) is 2.18. The van der Waals surface area contributed by atoms with Crippen LogP contribution in [-0.2, 0) is 9.53 Å². The average Bonchev–Trinajstić information content (AvgIpc) is 3.03. The topological polar surface area (TPSA) is 30.7 Å². The van der Waals surface area contributed by atoms with Gasteiger partial charge < -0.3 is 9.14 Å². The van der Waals surface area contributed by atoms with Gasteiger partial charge in [0.2, 0.25) is 0 Å². The summed E-state index contributed by atoms with van der Waals surface area (Å²) in [5.74, 6) is 0.483. The lowest BCUT2D eigenvalue weighted by molar-refractivity contribution is -0.137. The lowest BCUT2D eigenvalue weighted by Gasteiger charge is -1.99. The molecule has 3 rings (SSSR count). The number of thioether (sulfide) groups is 1. The van der Waals surface area contributed by atoms with E-state index in [2.05, 4.69) is 28.1 Å². The second kappa shape index (κ2) is 6.37. The van der Waals surface area contributed by atoms with Gasteiger partial charge in [-0.1, -0.05) is 12.1 Å². The van der Waals surface area contributed by atoms with E-state index in [1.807, 2.05) is 18.2 Å². The molecule has 0 atom stereocenters. The van der Waals surface area contributed by atoms with Crippen molar-refractivity contribution in [2.75, 3.05) is 12.4 Å². The number of pyridine rings is 1. The molecule has 3 heterocycles. The van der Waals surface area contributed by atoms with Crippen LogP contribution in [0.3, 0.4) is 0 Å². The summed E-state index contributed by atoms with van der Waals surface area (Å²) in [5, 5.41) is 3.45. The molecule has 0 saturated carbocycles. The number of fused-ring (bicyclic) bond motifs is 3. The number of hydrogen-bond donors (Lipinski definition) is 0. The first-order chi connectivity index (χ1) is 10.3. The Morgan fingerprint density at radius 2 is 2.38 bits per heavy atom. The molecular weight excluding hydrogens is 302 g/mol. The van der Waals surface area contributed by atoms with E-state index in [9.17, 15) is 4.79 Å². The summed E-state index contributed by atoms with van der Waals surface area (Å²) in [6.45, 7) is 2.22. The van der Waals surface area contributed by atoms with Gasteiger partial charge in [0.05, 0.1) is 16.3 Å². The molecule has 0 spiro atoms. The lowest BCUT2D eigenvalue weighted by atomic mass is 10.4. The number of nitrogens with zero attached hydrogens (tertiary/aromatic N) is 1. The minimum Gasteiger partial charge on any atom is -0.463 e. The molecule has 0 saturated heterocycles. The number of carbonyl (C=O) groups excluding carboxylic acids is 1. The molecular formula is C16H15NO2S2. The highest BCUT2D eigenvalue weighted by molar-refractivity contribution is 8.01. The van der Waals surface area contributed by atoms with Crippen LogP contribution in [0.15, 0.2) is 52.2 Å². The number of thiophene rings is 1. The van der Waals surface area contributed by atoms with Crippen LogP contribution in [-0.4, -0.2) is 22.7 Å².